The summed E-state index contributed by atoms with van der Waals surface area (Å²) in [6, 6.07) is 0.541. The maximum absolute atomic E-state index is 2.49. The lowest BCUT2D eigenvalue weighted by Crippen LogP contribution is -2.65. The SMILES string of the molecule is CC(CN(C)C)N(C)C(C)(C)C(C)(C)N(C)C. The Morgan fingerprint density at radius 3 is 1.53 bits per heavy atom. The summed E-state index contributed by atoms with van der Waals surface area (Å²) < 4.78 is 0. The minimum Gasteiger partial charge on any atom is -0.308 e. The number of hydrogen-bond donors (Lipinski definition) is 0. The van der Waals surface area contributed by atoms with E-state index in [1.54, 1.807) is 0 Å². The Hall–Kier alpha value is -0.120. The topological polar surface area (TPSA) is 9.72 Å². The van der Waals surface area contributed by atoms with Crippen LogP contribution in [0.3, 0.4) is 0 Å². The van der Waals surface area contributed by atoms with Crippen LogP contribution in [0.1, 0.15) is 34.6 Å². The van der Waals surface area contributed by atoms with Crippen molar-refractivity contribution in [3.8, 4) is 0 Å². The summed E-state index contributed by atoms with van der Waals surface area (Å²) >= 11 is 0. The first-order valence-electron chi connectivity index (χ1n) is 6.49. The normalized spacial score (nSPS) is 16.1. The first kappa shape index (κ1) is 16.9. The van der Waals surface area contributed by atoms with Gasteiger partial charge >= 0.3 is 0 Å². The van der Waals surface area contributed by atoms with E-state index in [-0.39, 0.29) is 11.1 Å². The van der Waals surface area contributed by atoms with Gasteiger partial charge in [0.25, 0.3) is 0 Å². The van der Waals surface area contributed by atoms with Crippen molar-refractivity contribution in [2.75, 3.05) is 41.8 Å². The van der Waals surface area contributed by atoms with E-state index in [9.17, 15) is 0 Å². The first-order chi connectivity index (χ1) is 7.44. The molecule has 0 aromatic rings. The Bertz CT molecular complexity index is 232. The second-order valence-corrected chi connectivity index (χ2v) is 6.73. The third-order valence-corrected chi connectivity index (χ3v) is 4.79. The minimum atomic E-state index is 0.117. The lowest BCUT2D eigenvalue weighted by atomic mass is 9.79. The van der Waals surface area contributed by atoms with Gasteiger partial charge in [0.1, 0.15) is 0 Å². The lowest BCUT2D eigenvalue weighted by molar-refractivity contribution is -0.0225. The van der Waals surface area contributed by atoms with Gasteiger partial charge in [0.15, 0.2) is 0 Å². The molecular formula is C14H33N3. The van der Waals surface area contributed by atoms with E-state index in [2.05, 4.69) is 84.6 Å². The number of hydrogen-bond acceptors (Lipinski definition) is 3. The third-order valence-electron chi connectivity index (χ3n) is 4.79. The third kappa shape index (κ3) is 3.67. The van der Waals surface area contributed by atoms with Crippen molar-refractivity contribution in [2.24, 2.45) is 0 Å². The zero-order valence-electron chi connectivity index (χ0n) is 13.6. The standard InChI is InChI=1S/C14H33N3/c1-12(11-15(6)7)17(10)14(4,5)13(2,3)16(8)9/h12H,11H2,1-10H3. The van der Waals surface area contributed by atoms with Crippen LogP contribution in [0.4, 0.5) is 0 Å². The van der Waals surface area contributed by atoms with Crippen LogP contribution in [0.2, 0.25) is 0 Å². The summed E-state index contributed by atoms with van der Waals surface area (Å²) in [7, 11) is 10.8. The molecule has 1 atom stereocenters. The van der Waals surface area contributed by atoms with Crippen molar-refractivity contribution in [1.29, 1.82) is 0 Å². The molecule has 0 aromatic carbocycles. The molecule has 0 heterocycles. The minimum absolute atomic E-state index is 0.117. The first-order valence-corrected chi connectivity index (χ1v) is 6.49. The van der Waals surface area contributed by atoms with E-state index < -0.39 is 0 Å². The van der Waals surface area contributed by atoms with E-state index in [1.807, 2.05) is 0 Å². The van der Waals surface area contributed by atoms with Gasteiger partial charge in [-0.25, -0.2) is 0 Å². The molecule has 17 heavy (non-hydrogen) atoms. The summed E-state index contributed by atoms with van der Waals surface area (Å²) in [4.78, 5) is 7.05. The zero-order valence-corrected chi connectivity index (χ0v) is 13.6. The van der Waals surface area contributed by atoms with Gasteiger partial charge in [-0.1, -0.05) is 0 Å². The molecule has 0 bridgehead atoms. The number of rotatable bonds is 6. The molecule has 3 nitrogen and oxygen atoms in total. The van der Waals surface area contributed by atoms with Crippen LogP contribution in [-0.2, 0) is 0 Å². The second-order valence-electron chi connectivity index (χ2n) is 6.73. The van der Waals surface area contributed by atoms with Gasteiger partial charge in [0, 0.05) is 23.7 Å². The van der Waals surface area contributed by atoms with Crippen LogP contribution in [-0.4, -0.2) is 73.6 Å². The monoisotopic (exact) mass is 243 g/mol. The highest BCUT2D eigenvalue weighted by Gasteiger charge is 2.43. The summed E-state index contributed by atoms with van der Waals surface area (Å²) in [5.41, 5.74) is 0.244. The Morgan fingerprint density at radius 1 is 0.824 bits per heavy atom. The molecule has 0 aliphatic rings. The van der Waals surface area contributed by atoms with Crippen molar-refractivity contribution in [1.82, 2.24) is 14.7 Å². The van der Waals surface area contributed by atoms with Crippen LogP contribution >= 0.6 is 0 Å². The maximum atomic E-state index is 2.49. The van der Waals surface area contributed by atoms with E-state index in [0.29, 0.717) is 6.04 Å². The van der Waals surface area contributed by atoms with Gasteiger partial charge in [0.05, 0.1) is 0 Å². The average Bonchev–Trinajstić information content (AvgIpc) is 2.14. The summed E-state index contributed by atoms with van der Waals surface area (Å²) in [6.45, 7) is 12.7. The second kappa shape index (κ2) is 5.68. The summed E-state index contributed by atoms with van der Waals surface area (Å²) in [6.07, 6.45) is 0. The molecule has 0 amide bonds. The molecule has 0 saturated heterocycles. The van der Waals surface area contributed by atoms with E-state index in [4.69, 9.17) is 0 Å². The Morgan fingerprint density at radius 2 is 1.24 bits per heavy atom. The maximum Gasteiger partial charge on any atom is 0.0331 e. The molecule has 0 aliphatic carbocycles. The molecule has 3 heteroatoms. The molecule has 0 N–H and O–H groups in total. The van der Waals surface area contributed by atoms with Crippen molar-refractivity contribution in [3.63, 3.8) is 0 Å². The van der Waals surface area contributed by atoms with Crippen molar-refractivity contribution in [3.05, 3.63) is 0 Å². The van der Waals surface area contributed by atoms with Gasteiger partial charge in [-0.2, -0.15) is 0 Å². The fourth-order valence-corrected chi connectivity index (χ4v) is 2.18. The molecule has 0 aliphatic heterocycles. The molecule has 1 unspecified atom stereocenters. The fraction of sp³-hybridized carbons (Fsp3) is 1.00. The van der Waals surface area contributed by atoms with Gasteiger partial charge in [-0.15, -0.1) is 0 Å². The Labute approximate surface area is 109 Å². The molecular weight excluding hydrogens is 210 g/mol. The molecule has 0 radical (unpaired) electrons. The Balaban J connectivity index is 4.92. The van der Waals surface area contributed by atoms with Crippen molar-refractivity contribution in [2.45, 2.75) is 51.7 Å². The molecule has 0 aromatic heterocycles. The fourth-order valence-electron chi connectivity index (χ4n) is 2.18. The molecule has 104 valence electrons. The van der Waals surface area contributed by atoms with Crippen molar-refractivity contribution < 1.29 is 0 Å². The number of likely N-dealkylation sites (N-methyl/N-ethyl adjacent to an activating group) is 3. The van der Waals surface area contributed by atoms with E-state index in [0.717, 1.165) is 6.54 Å². The summed E-state index contributed by atoms with van der Waals surface area (Å²) in [5.74, 6) is 0. The van der Waals surface area contributed by atoms with Crippen LogP contribution < -0.4 is 0 Å². The molecule has 0 saturated carbocycles. The highest BCUT2D eigenvalue weighted by molar-refractivity contribution is 5.01. The average molecular weight is 243 g/mol. The highest BCUT2D eigenvalue weighted by atomic mass is 15.3. The molecule has 0 rings (SSSR count). The predicted octanol–water partition coefficient (Wildman–Crippen LogP) is 1.99. The van der Waals surface area contributed by atoms with E-state index >= 15 is 0 Å². The van der Waals surface area contributed by atoms with E-state index in [1.165, 1.54) is 0 Å². The van der Waals surface area contributed by atoms with Crippen LogP contribution in [0.25, 0.3) is 0 Å². The van der Waals surface area contributed by atoms with Gasteiger partial charge in [0.2, 0.25) is 0 Å². The Kier molecular flexibility index (Phi) is 5.64. The largest absolute Gasteiger partial charge is 0.308 e. The summed E-state index contributed by atoms with van der Waals surface area (Å²) in [5, 5.41) is 0. The quantitative estimate of drug-likeness (QED) is 0.706. The van der Waals surface area contributed by atoms with Gasteiger partial charge in [-0.3, -0.25) is 4.90 Å². The van der Waals surface area contributed by atoms with Crippen LogP contribution in [0.15, 0.2) is 0 Å². The van der Waals surface area contributed by atoms with Gasteiger partial charge in [-0.05, 0) is 69.9 Å². The lowest BCUT2D eigenvalue weighted by Gasteiger charge is -2.53. The van der Waals surface area contributed by atoms with Crippen LogP contribution in [0, 0.1) is 0 Å². The van der Waals surface area contributed by atoms with Gasteiger partial charge < -0.3 is 9.80 Å². The highest BCUT2D eigenvalue weighted by Crippen LogP contribution is 2.32. The van der Waals surface area contributed by atoms with Crippen LogP contribution in [0.5, 0.6) is 0 Å². The zero-order chi connectivity index (χ0) is 14.0. The smallest absolute Gasteiger partial charge is 0.0331 e. The predicted molar refractivity (Wildman–Crippen MR) is 77.6 cm³/mol. The molecule has 0 fully saturated rings. The van der Waals surface area contributed by atoms with Crippen molar-refractivity contribution >= 4 is 0 Å². The molecule has 0 spiro atoms. The number of nitrogens with zero attached hydrogens (tertiary/aromatic N) is 3.